The first-order valence-electron chi connectivity index (χ1n) is 2.85. The summed E-state index contributed by atoms with van der Waals surface area (Å²) in [6.45, 7) is 0.607. The Labute approximate surface area is 54.0 Å². The Bertz CT molecular complexity index is 167. The Balaban J connectivity index is 2.61. The summed E-state index contributed by atoms with van der Waals surface area (Å²) < 4.78 is 0. The molecule has 0 spiro atoms. The van der Waals surface area contributed by atoms with E-state index >= 15 is 0 Å². The molecule has 0 aromatic heterocycles. The molecule has 0 atom stereocenters. The minimum atomic E-state index is 0.607. The molecule has 0 fully saturated rings. The largest absolute Gasteiger partial charge is 0.387 e. The first-order chi connectivity index (χ1) is 4.39. The van der Waals surface area contributed by atoms with Gasteiger partial charge in [-0.1, -0.05) is 6.08 Å². The Morgan fingerprint density at radius 1 is 1.56 bits per heavy atom. The van der Waals surface area contributed by atoms with Gasteiger partial charge >= 0.3 is 0 Å². The van der Waals surface area contributed by atoms with Gasteiger partial charge in [0.2, 0.25) is 0 Å². The molecular formula is C6H9N3. The minimum Gasteiger partial charge on any atom is -0.387 e. The van der Waals surface area contributed by atoms with Crippen molar-refractivity contribution < 1.29 is 0 Å². The quantitative estimate of drug-likeness (QED) is 0.496. The van der Waals surface area contributed by atoms with Crippen LogP contribution in [0.2, 0.25) is 0 Å². The van der Waals surface area contributed by atoms with Crippen LogP contribution in [0, 0.1) is 0 Å². The zero-order chi connectivity index (χ0) is 6.53. The molecule has 48 valence electrons. The van der Waals surface area contributed by atoms with Gasteiger partial charge in [0.15, 0.2) is 0 Å². The second-order valence-corrected chi connectivity index (χ2v) is 1.75. The lowest BCUT2D eigenvalue weighted by Crippen LogP contribution is -2.11. The summed E-state index contributed by atoms with van der Waals surface area (Å²) in [6, 6.07) is 0. The number of nitrogens with two attached hydrogens (primary N) is 1. The van der Waals surface area contributed by atoms with Crippen molar-refractivity contribution in [1.82, 2.24) is 0 Å². The fraction of sp³-hybridized carbons (Fsp3) is 0.333. The summed E-state index contributed by atoms with van der Waals surface area (Å²) in [6.07, 6.45) is 6.07. The second-order valence-electron chi connectivity index (χ2n) is 1.75. The van der Waals surface area contributed by atoms with Crippen LogP contribution < -0.4 is 5.73 Å². The van der Waals surface area contributed by atoms with E-state index in [2.05, 4.69) is 9.98 Å². The maximum absolute atomic E-state index is 5.44. The van der Waals surface area contributed by atoms with E-state index in [1.54, 1.807) is 12.4 Å². The highest BCUT2D eigenvalue weighted by Gasteiger charge is 1.87. The van der Waals surface area contributed by atoms with Gasteiger partial charge in [0.05, 0.1) is 12.4 Å². The average molecular weight is 123 g/mol. The molecule has 1 heterocycles. The summed E-state index contributed by atoms with van der Waals surface area (Å²) in [5.41, 5.74) is 5.44. The lowest BCUT2D eigenvalue weighted by molar-refractivity contribution is 1.22. The molecule has 9 heavy (non-hydrogen) atoms. The number of nitrogens with zero attached hydrogens (tertiary/aromatic N) is 2. The summed E-state index contributed by atoms with van der Waals surface area (Å²) in [5, 5.41) is 0. The highest BCUT2D eigenvalue weighted by atomic mass is 14.9. The van der Waals surface area contributed by atoms with E-state index in [-0.39, 0.29) is 0 Å². The molecule has 0 bridgehead atoms. The number of hydrogen-bond acceptors (Lipinski definition) is 3. The van der Waals surface area contributed by atoms with Crippen molar-refractivity contribution in [2.75, 3.05) is 6.54 Å². The second kappa shape index (κ2) is 3.02. The van der Waals surface area contributed by atoms with Crippen molar-refractivity contribution in [3.8, 4) is 0 Å². The Morgan fingerprint density at radius 3 is 3.33 bits per heavy atom. The third kappa shape index (κ3) is 2.08. The van der Waals surface area contributed by atoms with E-state index in [9.17, 15) is 0 Å². The molecule has 0 aromatic rings. The molecule has 0 unspecified atom stereocenters. The highest BCUT2D eigenvalue weighted by molar-refractivity contribution is 5.83. The number of rotatable bonds is 0. The van der Waals surface area contributed by atoms with Gasteiger partial charge in [0, 0.05) is 18.8 Å². The van der Waals surface area contributed by atoms with Crippen molar-refractivity contribution in [3.63, 3.8) is 0 Å². The normalized spacial score (nSPS) is 22.0. The highest BCUT2D eigenvalue weighted by Crippen LogP contribution is 1.87. The summed E-state index contributed by atoms with van der Waals surface area (Å²) >= 11 is 0. The maximum Gasteiger partial charge on any atom is 0.0980 e. The number of hydrogen-bond donors (Lipinski definition) is 1. The molecular weight excluding hydrogens is 114 g/mol. The van der Waals surface area contributed by atoms with Crippen LogP contribution in [0.25, 0.3) is 0 Å². The standard InChI is InChI=1S/C6H9N3/c7-6-2-1-3-8-4-5-9-6/h1,3-4H,2,5H2,(H2,7,9)/b3-1-,8-4?. The van der Waals surface area contributed by atoms with Crippen LogP contribution in [0.4, 0.5) is 0 Å². The van der Waals surface area contributed by atoms with Gasteiger partial charge in [-0.25, -0.2) is 0 Å². The van der Waals surface area contributed by atoms with Crippen molar-refractivity contribution >= 4 is 12.1 Å². The summed E-state index contributed by atoms with van der Waals surface area (Å²) in [5.74, 6) is 0.678. The molecule has 1 aliphatic heterocycles. The lowest BCUT2D eigenvalue weighted by atomic mass is 10.4. The van der Waals surface area contributed by atoms with Gasteiger partial charge in [-0.3, -0.25) is 9.98 Å². The Morgan fingerprint density at radius 2 is 2.44 bits per heavy atom. The molecule has 0 saturated carbocycles. The van der Waals surface area contributed by atoms with E-state index in [1.165, 1.54) is 0 Å². The fourth-order valence-electron chi connectivity index (χ4n) is 0.565. The van der Waals surface area contributed by atoms with E-state index in [1.807, 2.05) is 6.08 Å². The molecule has 1 aliphatic rings. The number of amidine groups is 1. The van der Waals surface area contributed by atoms with Gasteiger partial charge in [0.1, 0.15) is 0 Å². The molecule has 0 saturated heterocycles. The third-order valence-electron chi connectivity index (χ3n) is 1.000. The number of aliphatic imine (C=N–C) groups is 2. The van der Waals surface area contributed by atoms with Gasteiger partial charge < -0.3 is 5.73 Å². The third-order valence-corrected chi connectivity index (χ3v) is 1.000. The van der Waals surface area contributed by atoms with Crippen LogP contribution in [0.1, 0.15) is 6.42 Å². The molecule has 0 amide bonds. The van der Waals surface area contributed by atoms with Crippen LogP contribution in [0.3, 0.4) is 0 Å². The molecule has 3 nitrogen and oxygen atoms in total. The zero-order valence-corrected chi connectivity index (χ0v) is 5.12. The fourth-order valence-corrected chi connectivity index (χ4v) is 0.565. The summed E-state index contributed by atoms with van der Waals surface area (Å²) in [7, 11) is 0. The van der Waals surface area contributed by atoms with E-state index in [0.717, 1.165) is 6.42 Å². The van der Waals surface area contributed by atoms with E-state index < -0.39 is 0 Å². The van der Waals surface area contributed by atoms with Crippen LogP contribution in [0.5, 0.6) is 0 Å². The van der Waals surface area contributed by atoms with Crippen LogP contribution in [-0.4, -0.2) is 18.6 Å². The minimum absolute atomic E-state index is 0.607. The zero-order valence-electron chi connectivity index (χ0n) is 5.12. The molecule has 3 heteroatoms. The molecule has 0 aromatic carbocycles. The van der Waals surface area contributed by atoms with E-state index in [4.69, 9.17) is 5.73 Å². The first-order valence-corrected chi connectivity index (χ1v) is 2.85. The topological polar surface area (TPSA) is 50.7 Å². The van der Waals surface area contributed by atoms with Gasteiger partial charge in [0.25, 0.3) is 0 Å². The predicted octanol–water partition coefficient (Wildman–Crippen LogP) is 0.332. The van der Waals surface area contributed by atoms with Crippen molar-refractivity contribution in [2.45, 2.75) is 6.42 Å². The average Bonchev–Trinajstić information content (AvgIpc) is 1.79. The predicted molar refractivity (Wildman–Crippen MR) is 38.7 cm³/mol. The first kappa shape index (κ1) is 6.01. The monoisotopic (exact) mass is 123 g/mol. The maximum atomic E-state index is 5.44. The van der Waals surface area contributed by atoms with Crippen LogP contribution in [0.15, 0.2) is 22.3 Å². The Kier molecular flexibility index (Phi) is 2.01. The van der Waals surface area contributed by atoms with Crippen molar-refractivity contribution in [2.24, 2.45) is 15.7 Å². The van der Waals surface area contributed by atoms with Crippen molar-refractivity contribution in [1.29, 1.82) is 0 Å². The lowest BCUT2D eigenvalue weighted by Gasteiger charge is -1.94. The molecule has 2 N–H and O–H groups in total. The van der Waals surface area contributed by atoms with Gasteiger partial charge in [-0.2, -0.15) is 0 Å². The van der Waals surface area contributed by atoms with Crippen LogP contribution >= 0.6 is 0 Å². The molecule has 0 aliphatic carbocycles. The van der Waals surface area contributed by atoms with Gasteiger partial charge in [-0.05, 0) is 0 Å². The summed E-state index contributed by atoms with van der Waals surface area (Å²) in [4.78, 5) is 7.87. The van der Waals surface area contributed by atoms with E-state index in [0.29, 0.717) is 12.4 Å². The van der Waals surface area contributed by atoms with Gasteiger partial charge in [-0.15, -0.1) is 0 Å². The van der Waals surface area contributed by atoms with Crippen molar-refractivity contribution in [3.05, 3.63) is 12.3 Å². The van der Waals surface area contributed by atoms with Crippen LogP contribution in [-0.2, 0) is 0 Å². The Hall–Kier alpha value is -1.12. The smallest absolute Gasteiger partial charge is 0.0980 e. The molecule has 0 radical (unpaired) electrons. The molecule has 1 rings (SSSR count). The SMILES string of the molecule is NC1=NCC=N/C=C\C1.